The summed E-state index contributed by atoms with van der Waals surface area (Å²) in [6.07, 6.45) is 2.48. The van der Waals surface area contributed by atoms with E-state index in [4.69, 9.17) is 11.2 Å². The van der Waals surface area contributed by atoms with Crippen LogP contribution in [-0.2, 0) is 4.74 Å². The van der Waals surface area contributed by atoms with E-state index < -0.39 is 35.8 Å². The molecule has 0 amide bonds. The molecule has 7 heteroatoms. The number of aliphatic hydroxyl groups excluding tert-OH is 2. The first-order valence-electron chi connectivity index (χ1n) is 5.32. The highest BCUT2D eigenvalue weighted by Crippen LogP contribution is 2.29. The molecule has 0 spiro atoms. The molecule has 1 aliphatic heterocycles. The second kappa shape index (κ2) is 4.78. The van der Waals surface area contributed by atoms with Crippen LogP contribution in [0.5, 0.6) is 0 Å². The van der Waals surface area contributed by atoms with E-state index in [-0.39, 0.29) is 6.42 Å². The number of nitrogens with one attached hydrogen (secondary N) is 1. The molecule has 2 heterocycles. The third-order valence-corrected chi connectivity index (χ3v) is 2.78. The van der Waals surface area contributed by atoms with Gasteiger partial charge in [-0.25, -0.2) is 4.79 Å². The number of terminal acetylenes is 1. The molecule has 0 bridgehead atoms. The van der Waals surface area contributed by atoms with Crippen molar-refractivity contribution in [3.63, 3.8) is 0 Å². The van der Waals surface area contributed by atoms with E-state index in [2.05, 4.69) is 10.9 Å². The molecule has 0 saturated carbocycles. The van der Waals surface area contributed by atoms with E-state index in [1.165, 1.54) is 12.3 Å². The molecule has 18 heavy (non-hydrogen) atoms. The van der Waals surface area contributed by atoms with Crippen LogP contribution in [-0.4, -0.2) is 38.1 Å². The fourth-order valence-electron chi connectivity index (χ4n) is 1.88. The van der Waals surface area contributed by atoms with Gasteiger partial charge in [0.2, 0.25) is 0 Å². The second-order valence-electron chi connectivity index (χ2n) is 3.99. The molecule has 96 valence electrons. The minimum Gasteiger partial charge on any atom is -0.390 e. The lowest BCUT2D eigenvalue weighted by Gasteiger charge is -2.17. The highest BCUT2D eigenvalue weighted by Gasteiger charge is 2.39. The number of aliphatic hydroxyl groups is 2. The predicted octanol–water partition coefficient (Wildman–Crippen LogP) is -1.82. The molecule has 0 aromatic carbocycles. The van der Waals surface area contributed by atoms with Crippen molar-refractivity contribution in [1.29, 1.82) is 0 Å². The van der Waals surface area contributed by atoms with Crippen LogP contribution in [0.25, 0.3) is 0 Å². The van der Waals surface area contributed by atoms with Crippen LogP contribution in [0.2, 0.25) is 0 Å². The minimum absolute atomic E-state index is 0.107. The lowest BCUT2D eigenvalue weighted by molar-refractivity contribution is -0.0655. The summed E-state index contributed by atoms with van der Waals surface area (Å²) in [5.41, 5.74) is -1.16. The lowest BCUT2D eigenvalue weighted by atomic mass is 10.1. The van der Waals surface area contributed by atoms with E-state index in [1.807, 2.05) is 0 Å². The summed E-state index contributed by atoms with van der Waals surface area (Å²) in [7, 11) is 0. The molecule has 1 aromatic rings. The van der Waals surface area contributed by atoms with Crippen LogP contribution < -0.4 is 11.2 Å². The van der Waals surface area contributed by atoms with E-state index >= 15 is 0 Å². The molecule has 0 aliphatic carbocycles. The Kier molecular flexibility index (Phi) is 3.34. The third-order valence-electron chi connectivity index (χ3n) is 2.78. The number of rotatable bonds is 2. The summed E-state index contributed by atoms with van der Waals surface area (Å²) >= 11 is 0. The van der Waals surface area contributed by atoms with Crippen LogP contribution in [0.1, 0.15) is 12.6 Å². The maximum atomic E-state index is 11.5. The fourth-order valence-corrected chi connectivity index (χ4v) is 1.88. The zero-order valence-corrected chi connectivity index (χ0v) is 9.31. The first-order valence-corrected chi connectivity index (χ1v) is 5.32. The standard InChI is InChI=1S/C11H12N2O5/c1-2-6(14)10-7(15)5-9(18-10)13-4-3-8(16)12-11(13)17/h1,3-4,6-7,9-10,14-15H,5H2,(H,12,16,17)/t6?,7-,9+,10+/m0/s1. The average Bonchev–Trinajstić information content (AvgIpc) is 2.70. The van der Waals surface area contributed by atoms with Gasteiger partial charge in [0.1, 0.15) is 18.4 Å². The van der Waals surface area contributed by atoms with Gasteiger partial charge in [0.25, 0.3) is 5.56 Å². The Morgan fingerprint density at radius 3 is 2.94 bits per heavy atom. The highest BCUT2D eigenvalue weighted by molar-refractivity contribution is 5.02. The molecule has 1 saturated heterocycles. The highest BCUT2D eigenvalue weighted by atomic mass is 16.5. The molecular formula is C11H12N2O5. The van der Waals surface area contributed by atoms with Gasteiger partial charge in [-0.3, -0.25) is 14.3 Å². The molecule has 7 nitrogen and oxygen atoms in total. The normalized spacial score (nSPS) is 28.8. The van der Waals surface area contributed by atoms with Crippen molar-refractivity contribution in [2.24, 2.45) is 0 Å². The number of H-pyrrole nitrogens is 1. The van der Waals surface area contributed by atoms with E-state index in [0.29, 0.717) is 0 Å². The van der Waals surface area contributed by atoms with Crippen LogP contribution in [0, 0.1) is 12.3 Å². The quantitative estimate of drug-likeness (QED) is 0.537. The van der Waals surface area contributed by atoms with Crippen molar-refractivity contribution in [1.82, 2.24) is 9.55 Å². The van der Waals surface area contributed by atoms with Gasteiger partial charge in [-0.05, 0) is 0 Å². The summed E-state index contributed by atoms with van der Waals surface area (Å²) in [6.45, 7) is 0. The monoisotopic (exact) mass is 252 g/mol. The van der Waals surface area contributed by atoms with Crippen molar-refractivity contribution in [2.75, 3.05) is 0 Å². The maximum Gasteiger partial charge on any atom is 0.330 e. The Bertz CT molecular complexity index is 584. The van der Waals surface area contributed by atoms with E-state index in [0.717, 1.165) is 4.57 Å². The first kappa shape index (κ1) is 12.6. The summed E-state index contributed by atoms with van der Waals surface area (Å²) < 4.78 is 6.46. The van der Waals surface area contributed by atoms with Crippen molar-refractivity contribution in [3.8, 4) is 12.3 Å². The lowest BCUT2D eigenvalue weighted by Crippen LogP contribution is -2.34. The zero-order valence-electron chi connectivity index (χ0n) is 9.31. The number of hydrogen-bond donors (Lipinski definition) is 3. The third kappa shape index (κ3) is 2.22. The topological polar surface area (TPSA) is 105 Å². The van der Waals surface area contributed by atoms with Gasteiger partial charge in [-0.15, -0.1) is 6.42 Å². The van der Waals surface area contributed by atoms with Crippen LogP contribution >= 0.6 is 0 Å². The summed E-state index contributed by atoms with van der Waals surface area (Å²) in [5.74, 6) is 2.06. The Morgan fingerprint density at radius 2 is 2.33 bits per heavy atom. The van der Waals surface area contributed by atoms with E-state index in [9.17, 15) is 19.8 Å². The number of aromatic nitrogens is 2. The molecular weight excluding hydrogens is 240 g/mol. The SMILES string of the molecule is C#CC(O)[C@H]1O[C@@H](n2ccc(=O)[nH]c2=O)C[C@@H]1O. The Hall–Kier alpha value is -1.88. The predicted molar refractivity (Wildman–Crippen MR) is 60.7 cm³/mol. The van der Waals surface area contributed by atoms with Crippen LogP contribution in [0.4, 0.5) is 0 Å². The maximum absolute atomic E-state index is 11.5. The Balaban J connectivity index is 2.25. The molecule has 2 rings (SSSR count). The smallest absolute Gasteiger partial charge is 0.330 e. The average molecular weight is 252 g/mol. The van der Waals surface area contributed by atoms with Crippen LogP contribution in [0.15, 0.2) is 21.9 Å². The van der Waals surface area contributed by atoms with Gasteiger partial charge < -0.3 is 14.9 Å². The van der Waals surface area contributed by atoms with Crippen molar-refractivity contribution in [3.05, 3.63) is 33.1 Å². The Labute approximate surface area is 102 Å². The Morgan fingerprint density at radius 1 is 1.61 bits per heavy atom. The van der Waals surface area contributed by atoms with Crippen molar-refractivity contribution >= 4 is 0 Å². The minimum atomic E-state index is -1.25. The molecule has 1 aliphatic rings. The molecule has 1 fully saturated rings. The summed E-state index contributed by atoms with van der Waals surface area (Å²) in [5, 5.41) is 19.1. The van der Waals surface area contributed by atoms with Gasteiger partial charge in [0, 0.05) is 18.7 Å². The summed E-state index contributed by atoms with van der Waals surface area (Å²) in [4.78, 5) is 24.5. The summed E-state index contributed by atoms with van der Waals surface area (Å²) in [6, 6.07) is 1.17. The molecule has 1 aromatic heterocycles. The van der Waals surface area contributed by atoms with Gasteiger partial charge in [-0.1, -0.05) is 5.92 Å². The van der Waals surface area contributed by atoms with Crippen molar-refractivity contribution < 1.29 is 14.9 Å². The molecule has 4 atom stereocenters. The van der Waals surface area contributed by atoms with Crippen molar-refractivity contribution in [2.45, 2.75) is 31.0 Å². The van der Waals surface area contributed by atoms with Gasteiger partial charge in [0.05, 0.1) is 6.10 Å². The molecule has 3 N–H and O–H groups in total. The molecule has 1 unspecified atom stereocenters. The fraction of sp³-hybridized carbons (Fsp3) is 0.455. The first-order chi connectivity index (χ1) is 8.52. The zero-order chi connectivity index (χ0) is 13.3. The van der Waals surface area contributed by atoms with Gasteiger partial charge in [0.15, 0.2) is 0 Å². The number of ether oxygens (including phenoxy) is 1. The van der Waals surface area contributed by atoms with Gasteiger partial charge >= 0.3 is 5.69 Å². The number of hydrogen-bond acceptors (Lipinski definition) is 5. The largest absolute Gasteiger partial charge is 0.390 e. The number of nitrogens with zero attached hydrogens (tertiary/aromatic N) is 1. The molecule has 0 radical (unpaired) electrons. The number of aromatic amines is 1. The van der Waals surface area contributed by atoms with Gasteiger partial charge in [-0.2, -0.15) is 0 Å². The van der Waals surface area contributed by atoms with E-state index in [1.54, 1.807) is 0 Å². The second-order valence-corrected chi connectivity index (χ2v) is 3.99. The van der Waals surface area contributed by atoms with Crippen LogP contribution in [0.3, 0.4) is 0 Å².